The van der Waals surface area contributed by atoms with E-state index in [0.717, 1.165) is 49.7 Å². The predicted molar refractivity (Wildman–Crippen MR) is 80.0 cm³/mol. The Morgan fingerprint density at radius 3 is 2.48 bits per heavy atom. The fourth-order valence-electron chi connectivity index (χ4n) is 4.34. The number of nitrogens with zero attached hydrogens (tertiary/aromatic N) is 3. The number of hydrogen-bond acceptors (Lipinski definition) is 5. The van der Waals surface area contributed by atoms with Crippen LogP contribution < -0.4 is 5.32 Å². The van der Waals surface area contributed by atoms with Gasteiger partial charge in [-0.3, -0.25) is 4.90 Å². The number of fused-ring (bicyclic) bond motifs is 1. The molecule has 3 fully saturated rings. The summed E-state index contributed by atoms with van der Waals surface area (Å²) in [6.45, 7) is 8.61. The maximum Gasteiger partial charge on any atom is 0.230 e. The zero-order valence-electron chi connectivity index (χ0n) is 13.1. The van der Waals surface area contributed by atoms with Crippen molar-refractivity contribution in [3.05, 3.63) is 11.7 Å². The second kappa shape index (κ2) is 5.06. The molecule has 5 nitrogen and oxygen atoms in total. The molecule has 1 aromatic rings. The summed E-state index contributed by atoms with van der Waals surface area (Å²) < 4.78 is 5.65. The highest BCUT2D eigenvalue weighted by molar-refractivity contribution is 5.16. The summed E-state index contributed by atoms with van der Waals surface area (Å²) in [6.07, 6.45) is 5.47. The van der Waals surface area contributed by atoms with Crippen LogP contribution in [-0.4, -0.2) is 41.2 Å². The third-order valence-corrected chi connectivity index (χ3v) is 5.84. The number of piperazine rings is 1. The molecule has 2 atom stereocenters. The first-order valence-electron chi connectivity index (χ1n) is 8.48. The van der Waals surface area contributed by atoms with Gasteiger partial charge in [0, 0.05) is 32.1 Å². The first kappa shape index (κ1) is 13.7. The van der Waals surface area contributed by atoms with E-state index in [1.54, 1.807) is 0 Å². The maximum atomic E-state index is 5.65. The molecule has 0 radical (unpaired) electrons. The third-order valence-electron chi connectivity index (χ3n) is 5.84. The van der Waals surface area contributed by atoms with E-state index in [9.17, 15) is 0 Å². The Kier molecular flexibility index (Phi) is 3.30. The van der Waals surface area contributed by atoms with E-state index in [1.165, 1.54) is 25.7 Å². The van der Waals surface area contributed by atoms with Crippen LogP contribution >= 0.6 is 0 Å². The van der Waals surface area contributed by atoms with Gasteiger partial charge in [-0.25, -0.2) is 0 Å². The molecule has 4 rings (SSSR count). The van der Waals surface area contributed by atoms with Crippen molar-refractivity contribution in [1.82, 2.24) is 20.4 Å². The monoisotopic (exact) mass is 290 g/mol. The van der Waals surface area contributed by atoms with Gasteiger partial charge in [0.2, 0.25) is 5.89 Å². The van der Waals surface area contributed by atoms with Crippen LogP contribution in [0.1, 0.15) is 57.2 Å². The van der Waals surface area contributed by atoms with E-state index in [2.05, 4.69) is 29.2 Å². The molecule has 1 N–H and O–H groups in total. The van der Waals surface area contributed by atoms with Crippen LogP contribution in [0, 0.1) is 11.8 Å². The number of rotatable bonds is 3. The summed E-state index contributed by atoms with van der Waals surface area (Å²) >= 11 is 0. The van der Waals surface area contributed by atoms with Gasteiger partial charge in [0.05, 0.1) is 5.54 Å². The lowest BCUT2D eigenvalue weighted by Gasteiger charge is -2.38. The van der Waals surface area contributed by atoms with Crippen LogP contribution in [0.5, 0.6) is 0 Å². The lowest BCUT2D eigenvalue weighted by molar-refractivity contribution is 0.0924. The lowest BCUT2D eigenvalue weighted by Crippen LogP contribution is -2.52. The van der Waals surface area contributed by atoms with Crippen molar-refractivity contribution in [2.24, 2.45) is 11.8 Å². The topological polar surface area (TPSA) is 54.2 Å². The summed E-state index contributed by atoms with van der Waals surface area (Å²) in [5.74, 6) is 3.99. The largest absolute Gasteiger partial charge is 0.339 e. The molecule has 0 aromatic carbocycles. The summed E-state index contributed by atoms with van der Waals surface area (Å²) in [4.78, 5) is 7.26. The molecule has 21 heavy (non-hydrogen) atoms. The van der Waals surface area contributed by atoms with Crippen LogP contribution in [0.15, 0.2) is 4.52 Å². The van der Waals surface area contributed by atoms with E-state index in [0.29, 0.717) is 5.92 Å². The second-order valence-electron chi connectivity index (χ2n) is 7.39. The molecule has 0 bridgehead atoms. The molecule has 3 aliphatic rings. The van der Waals surface area contributed by atoms with Crippen molar-refractivity contribution in [1.29, 1.82) is 0 Å². The highest BCUT2D eigenvalue weighted by Gasteiger charge is 2.54. The molecular weight excluding hydrogens is 264 g/mol. The normalized spacial score (nSPS) is 33.7. The smallest absolute Gasteiger partial charge is 0.230 e. The van der Waals surface area contributed by atoms with Crippen molar-refractivity contribution < 1.29 is 4.52 Å². The Bertz CT molecular complexity index is 494. The van der Waals surface area contributed by atoms with Gasteiger partial charge in [-0.1, -0.05) is 18.0 Å². The van der Waals surface area contributed by atoms with Crippen LogP contribution in [0.3, 0.4) is 0 Å². The summed E-state index contributed by atoms with van der Waals surface area (Å²) in [6, 6.07) is 0. The number of nitrogens with one attached hydrogen (secondary N) is 1. The molecule has 0 amide bonds. The van der Waals surface area contributed by atoms with Gasteiger partial charge in [-0.05, 0) is 38.5 Å². The van der Waals surface area contributed by atoms with Crippen molar-refractivity contribution in [2.45, 2.75) is 51.0 Å². The average Bonchev–Trinajstić information content (AvgIpc) is 3.03. The van der Waals surface area contributed by atoms with Gasteiger partial charge < -0.3 is 9.84 Å². The van der Waals surface area contributed by atoms with Crippen molar-refractivity contribution >= 4 is 0 Å². The molecule has 2 heterocycles. The summed E-state index contributed by atoms with van der Waals surface area (Å²) in [5, 5.41) is 7.73. The van der Waals surface area contributed by atoms with E-state index in [-0.39, 0.29) is 5.54 Å². The first-order valence-corrected chi connectivity index (χ1v) is 8.48. The fourth-order valence-corrected chi connectivity index (χ4v) is 4.34. The van der Waals surface area contributed by atoms with Gasteiger partial charge in [0.1, 0.15) is 0 Å². The minimum Gasteiger partial charge on any atom is -0.339 e. The Labute approximate surface area is 126 Å². The van der Waals surface area contributed by atoms with Gasteiger partial charge in [-0.15, -0.1) is 0 Å². The first-order chi connectivity index (χ1) is 10.2. The van der Waals surface area contributed by atoms with E-state index in [4.69, 9.17) is 9.51 Å². The highest BCUT2D eigenvalue weighted by atomic mass is 16.5. The highest BCUT2D eigenvalue weighted by Crippen LogP contribution is 2.60. The Hall–Kier alpha value is -0.940. The van der Waals surface area contributed by atoms with Gasteiger partial charge >= 0.3 is 0 Å². The molecule has 5 heteroatoms. The molecular formula is C16H26N4O. The van der Waals surface area contributed by atoms with Crippen molar-refractivity contribution in [3.63, 3.8) is 0 Å². The SMILES string of the molecule is CC(C)(c1noc(C2C3CCCCC32)n1)N1CCNCC1. The standard InChI is InChI=1S/C16H26N4O/c1-16(2,20-9-7-17-8-10-20)15-18-14(21-19-15)13-11-5-3-4-6-12(11)13/h11-13,17H,3-10H2,1-2H3. The van der Waals surface area contributed by atoms with Crippen LogP contribution in [0.4, 0.5) is 0 Å². The van der Waals surface area contributed by atoms with E-state index in [1.807, 2.05) is 0 Å². The van der Waals surface area contributed by atoms with Crippen molar-refractivity contribution in [2.75, 3.05) is 26.2 Å². The average molecular weight is 290 g/mol. The summed E-state index contributed by atoms with van der Waals surface area (Å²) in [5.41, 5.74) is -0.135. The molecule has 2 aliphatic carbocycles. The second-order valence-corrected chi connectivity index (χ2v) is 7.39. The Balaban J connectivity index is 1.51. The third kappa shape index (κ3) is 2.30. The minimum absolute atomic E-state index is 0.135. The summed E-state index contributed by atoms with van der Waals surface area (Å²) in [7, 11) is 0. The fraction of sp³-hybridized carbons (Fsp3) is 0.875. The van der Waals surface area contributed by atoms with Crippen LogP contribution in [0.2, 0.25) is 0 Å². The van der Waals surface area contributed by atoms with Gasteiger partial charge in [0.25, 0.3) is 0 Å². The Morgan fingerprint density at radius 1 is 1.14 bits per heavy atom. The van der Waals surface area contributed by atoms with E-state index >= 15 is 0 Å². The predicted octanol–water partition coefficient (Wildman–Crippen LogP) is 2.11. The van der Waals surface area contributed by atoms with Crippen LogP contribution in [0.25, 0.3) is 0 Å². The van der Waals surface area contributed by atoms with E-state index < -0.39 is 0 Å². The van der Waals surface area contributed by atoms with Crippen molar-refractivity contribution in [3.8, 4) is 0 Å². The molecule has 0 spiro atoms. The van der Waals surface area contributed by atoms with Gasteiger partial charge in [-0.2, -0.15) is 4.98 Å². The number of aromatic nitrogens is 2. The molecule has 2 saturated carbocycles. The minimum atomic E-state index is -0.135. The number of hydrogen-bond donors (Lipinski definition) is 1. The molecule has 2 unspecified atom stereocenters. The molecule has 1 saturated heterocycles. The molecule has 1 aromatic heterocycles. The van der Waals surface area contributed by atoms with Gasteiger partial charge in [0.15, 0.2) is 5.82 Å². The quantitative estimate of drug-likeness (QED) is 0.924. The molecule has 116 valence electrons. The van der Waals surface area contributed by atoms with Crippen LogP contribution in [-0.2, 0) is 5.54 Å². The lowest BCUT2D eigenvalue weighted by atomic mass is 10.0. The molecule has 1 aliphatic heterocycles. The Morgan fingerprint density at radius 2 is 1.81 bits per heavy atom. The zero-order chi connectivity index (χ0) is 14.4. The zero-order valence-corrected chi connectivity index (χ0v) is 13.1. The maximum absolute atomic E-state index is 5.65.